The van der Waals surface area contributed by atoms with Crippen LogP contribution in [0.2, 0.25) is 5.02 Å². The van der Waals surface area contributed by atoms with Gasteiger partial charge in [0.15, 0.2) is 0 Å². The Morgan fingerprint density at radius 1 is 0.933 bits per heavy atom. The third kappa shape index (κ3) is 5.02. The van der Waals surface area contributed by atoms with Crippen molar-refractivity contribution < 1.29 is 14.2 Å². The molecule has 0 radical (unpaired) electrons. The second kappa shape index (κ2) is 10.4. The van der Waals surface area contributed by atoms with E-state index in [4.69, 9.17) is 25.8 Å². The Balaban J connectivity index is 1.65. The van der Waals surface area contributed by atoms with Crippen LogP contribution < -0.4 is 14.4 Å². The molecule has 1 unspecified atom stereocenters. The molecule has 1 saturated heterocycles. The van der Waals surface area contributed by atoms with E-state index in [2.05, 4.69) is 48.8 Å². The number of nitrogens with zero attached hydrogens (tertiary/aromatic N) is 2. The average Bonchev–Trinajstić information content (AvgIpc) is 2.77. The highest BCUT2D eigenvalue weighted by Gasteiger charge is 2.24. The molecular formula is C24H33ClN2O3. The molecule has 0 aromatic heterocycles. The fraction of sp³-hybridized carbons (Fsp3) is 0.500. The number of anilines is 1. The summed E-state index contributed by atoms with van der Waals surface area (Å²) in [4.78, 5) is 4.95. The SMILES string of the molecule is COCCOc1ccc(C(C)N2CCN(c3ccc(Cl)c(OC)c3)CC2)c(C)c1C. The Kier molecular flexibility index (Phi) is 7.87. The first-order valence-electron chi connectivity index (χ1n) is 10.5. The van der Waals surface area contributed by atoms with Crippen molar-refractivity contribution in [3.05, 3.63) is 52.0 Å². The van der Waals surface area contributed by atoms with Gasteiger partial charge in [-0.2, -0.15) is 0 Å². The van der Waals surface area contributed by atoms with Gasteiger partial charge in [-0.25, -0.2) is 0 Å². The summed E-state index contributed by atoms with van der Waals surface area (Å²) in [5.41, 5.74) is 5.05. The Hall–Kier alpha value is -1.95. The van der Waals surface area contributed by atoms with Crippen LogP contribution in [0.1, 0.15) is 29.7 Å². The van der Waals surface area contributed by atoms with Gasteiger partial charge in [0.05, 0.1) is 18.7 Å². The van der Waals surface area contributed by atoms with Crippen LogP contribution in [0.25, 0.3) is 0 Å². The molecule has 5 nitrogen and oxygen atoms in total. The van der Waals surface area contributed by atoms with Crippen LogP contribution in [-0.2, 0) is 4.74 Å². The molecule has 0 spiro atoms. The van der Waals surface area contributed by atoms with E-state index in [0.717, 1.165) is 43.4 Å². The molecule has 1 atom stereocenters. The smallest absolute Gasteiger partial charge is 0.139 e. The summed E-state index contributed by atoms with van der Waals surface area (Å²) in [6, 6.07) is 10.7. The van der Waals surface area contributed by atoms with Gasteiger partial charge in [-0.05, 0) is 55.7 Å². The highest BCUT2D eigenvalue weighted by atomic mass is 35.5. The molecule has 1 aliphatic rings. The molecule has 1 heterocycles. The second-order valence-corrected chi connectivity index (χ2v) is 8.17. The van der Waals surface area contributed by atoms with E-state index in [9.17, 15) is 0 Å². The number of ether oxygens (including phenoxy) is 3. The summed E-state index contributed by atoms with van der Waals surface area (Å²) in [6.07, 6.45) is 0. The second-order valence-electron chi connectivity index (χ2n) is 7.76. The Labute approximate surface area is 185 Å². The fourth-order valence-corrected chi connectivity index (χ4v) is 4.26. The van der Waals surface area contributed by atoms with E-state index in [1.807, 2.05) is 12.1 Å². The first-order chi connectivity index (χ1) is 14.5. The zero-order valence-corrected chi connectivity index (χ0v) is 19.5. The molecule has 2 aromatic rings. The van der Waals surface area contributed by atoms with Gasteiger partial charge in [0, 0.05) is 51.1 Å². The molecule has 3 rings (SSSR count). The predicted octanol–water partition coefficient (Wildman–Crippen LogP) is 4.87. The molecule has 0 bridgehead atoms. The van der Waals surface area contributed by atoms with E-state index in [1.54, 1.807) is 14.2 Å². The lowest BCUT2D eigenvalue weighted by atomic mass is 9.96. The lowest BCUT2D eigenvalue weighted by Crippen LogP contribution is -2.47. The molecule has 2 aromatic carbocycles. The van der Waals surface area contributed by atoms with Crippen molar-refractivity contribution in [1.82, 2.24) is 4.90 Å². The number of rotatable bonds is 8. The maximum atomic E-state index is 6.18. The first kappa shape index (κ1) is 22.7. The van der Waals surface area contributed by atoms with Gasteiger partial charge in [0.1, 0.15) is 18.1 Å². The highest BCUT2D eigenvalue weighted by molar-refractivity contribution is 6.32. The van der Waals surface area contributed by atoms with Crippen LogP contribution in [0, 0.1) is 13.8 Å². The zero-order valence-electron chi connectivity index (χ0n) is 18.7. The minimum absolute atomic E-state index is 0.360. The van der Waals surface area contributed by atoms with E-state index in [1.165, 1.54) is 16.7 Å². The lowest BCUT2D eigenvalue weighted by Gasteiger charge is -2.40. The Bertz CT molecular complexity index is 851. The van der Waals surface area contributed by atoms with Gasteiger partial charge in [0.2, 0.25) is 0 Å². The normalized spacial score (nSPS) is 15.9. The molecule has 0 N–H and O–H groups in total. The van der Waals surface area contributed by atoms with E-state index < -0.39 is 0 Å². The molecule has 164 valence electrons. The lowest BCUT2D eigenvalue weighted by molar-refractivity contribution is 0.146. The summed E-state index contributed by atoms with van der Waals surface area (Å²) in [5, 5.41) is 0.647. The van der Waals surface area contributed by atoms with Gasteiger partial charge >= 0.3 is 0 Å². The number of methoxy groups -OCH3 is 2. The fourth-order valence-electron chi connectivity index (χ4n) is 4.07. The van der Waals surface area contributed by atoms with Crippen LogP contribution in [0.3, 0.4) is 0 Å². The van der Waals surface area contributed by atoms with Crippen LogP contribution in [0.15, 0.2) is 30.3 Å². The van der Waals surface area contributed by atoms with Crippen LogP contribution in [-0.4, -0.2) is 58.5 Å². The average molecular weight is 433 g/mol. The predicted molar refractivity (Wildman–Crippen MR) is 123 cm³/mol. The summed E-state index contributed by atoms with van der Waals surface area (Å²) in [6.45, 7) is 11.8. The van der Waals surface area contributed by atoms with Gasteiger partial charge in [-0.3, -0.25) is 4.90 Å². The summed E-state index contributed by atoms with van der Waals surface area (Å²) in [7, 11) is 3.35. The molecule has 30 heavy (non-hydrogen) atoms. The van der Waals surface area contributed by atoms with Crippen LogP contribution in [0.5, 0.6) is 11.5 Å². The molecule has 0 amide bonds. The Morgan fingerprint density at radius 3 is 2.33 bits per heavy atom. The van der Waals surface area contributed by atoms with Gasteiger partial charge in [-0.15, -0.1) is 0 Å². The minimum atomic E-state index is 0.360. The van der Waals surface area contributed by atoms with Crippen molar-refractivity contribution in [1.29, 1.82) is 0 Å². The molecule has 0 aliphatic carbocycles. The van der Waals surface area contributed by atoms with Crippen LogP contribution in [0.4, 0.5) is 5.69 Å². The standard InChI is InChI=1S/C24H33ClN2O3/c1-17-18(2)23(30-15-14-28-4)9-7-21(17)19(3)26-10-12-27(13-11-26)20-6-8-22(25)24(16-20)29-5/h6-9,16,19H,10-15H2,1-5H3. The number of piperazine rings is 1. The van der Waals surface area contributed by atoms with Gasteiger partial charge < -0.3 is 19.1 Å². The van der Waals surface area contributed by atoms with E-state index in [0.29, 0.717) is 24.3 Å². The van der Waals surface area contributed by atoms with Gasteiger partial charge in [-0.1, -0.05) is 17.7 Å². The minimum Gasteiger partial charge on any atom is -0.495 e. The quantitative estimate of drug-likeness (QED) is 0.555. The van der Waals surface area contributed by atoms with Crippen molar-refractivity contribution in [3.63, 3.8) is 0 Å². The molecular weight excluding hydrogens is 400 g/mol. The highest BCUT2D eigenvalue weighted by Crippen LogP contribution is 2.33. The maximum absolute atomic E-state index is 6.18. The third-order valence-corrected chi connectivity index (χ3v) is 6.45. The zero-order chi connectivity index (χ0) is 21.7. The summed E-state index contributed by atoms with van der Waals surface area (Å²) in [5.74, 6) is 1.67. The van der Waals surface area contributed by atoms with Crippen molar-refractivity contribution in [3.8, 4) is 11.5 Å². The van der Waals surface area contributed by atoms with Gasteiger partial charge in [0.25, 0.3) is 0 Å². The largest absolute Gasteiger partial charge is 0.495 e. The first-order valence-corrected chi connectivity index (χ1v) is 10.9. The summed E-state index contributed by atoms with van der Waals surface area (Å²) < 4.78 is 16.3. The maximum Gasteiger partial charge on any atom is 0.139 e. The number of hydrogen-bond acceptors (Lipinski definition) is 5. The summed E-state index contributed by atoms with van der Waals surface area (Å²) >= 11 is 6.18. The topological polar surface area (TPSA) is 34.2 Å². The third-order valence-electron chi connectivity index (χ3n) is 6.14. The molecule has 1 aliphatic heterocycles. The molecule has 6 heteroatoms. The molecule has 1 fully saturated rings. The molecule has 0 saturated carbocycles. The van der Waals surface area contributed by atoms with Crippen molar-refractivity contribution in [2.45, 2.75) is 26.8 Å². The van der Waals surface area contributed by atoms with E-state index >= 15 is 0 Å². The number of halogens is 1. The monoisotopic (exact) mass is 432 g/mol. The van der Waals surface area contributed by atoms with Crippen molar-refractivity contribution in [2.75, 3.05) is 58.5 Å². The van der Waals surface area contributed by atoms with Crippen molar-refractivity contribution >= 4 is 17.3 Å². The van der Waals surface area contributed by atoms with Crippen LogP contribution >= 0.6 is 11.6 Å². The van der Waals surface area contributed by atoms with E-state index in [-0.39, 0.29) is 0 Å². The number of hydrogen-bond donors (Lipinski definition) is 0. The number of benzene rings is 2. The van der Waals surface area contributed by atoms with Crippen molar-refractivity contribution in [2.24, 2.45) is 0 Å². The Morgan fingerprint density at radius 2 is 1.67 bits per heavy atom.